The maximum absolute atomic E-state index is 14.1. The van der Waals surface area contributed by atoms with Gasteiger partial charge in [-0.25, -0.2) is 9.37 Å². The average molecular weight is 357 g/mol. The molecule has 0 aliphatic heterocycles. The Bertz CT molecular complexity index is 1080. The lowest BCUT2D eigenvalue weighted by Crippen LogP contribution is -2.25. The van der Waals surface area contributed by atoms with E-state index in [0.717, 1.165) is 46.4 Å². The van der Waals surface area contributed by atoms with E-state index in [1.807, 2.05) is 36.5 Å². The molecule has 0 atom stereocenters. The first-order chi connectivity index (χ1) is 13.3. The monoisotopic (exact) mass is 357 g/mol. The molecule has 3 nitrogen and oxygen atoms in total. The summed E-state index contributed by atoms with van der Waals surface area (Å²) in [6.45, 7) is 0.570. The Kier molecular flexibility index (Phi) is 3.89. The molecule has 1 N–H and O–H groups in total. The molecule has 0 bridgehead atoms. The van der Waals surface area contributed by atoms with Gasteiger partial charge in [0.2, 0.25) is 0 Å². The summed E-state index contributed by atoms with van der Waals surface area (Å²) < 4.78 is 14.1. The molecule has 4 aromatic rings. The van der Waals surface area contributed by atoms with Crippen molar-refractivity contribution in [2.24, 2.45) is 0 Å². The van der Waals surface area contributed by atoms with E-state index in [4.69, 9.17) is 0 Å². The predicted octanol–water partition coefficient (Wildman–Crippen LogP) is 5.54. The summed E-state index contributed by atoms with van der Waals surface area (Å²) in [5.74, 6) is -0.148. The molecule has 0 amide bonds. The summed E-state index contributed by atoms with van der Waals surface area (Å²) in [5.41, 5.74) is 4.85. The number of aromatic nitrogens is 2. The fourth-order valence-corrected chi connectivity index (χ4v) is 3.56. The topological polar surface area (TPSA) is 31.9 Å². The smallest absolute Gasteiger partial charge is 0.137 e. The van der Waals surface area contributed by atoms with Gasteiger partial charge < -0.3 is 9.88 Å². The molecule has 1 saturated carbocycles. The Morgan fingerprint density at radius 2 is 1.78 bits per heavy atom. The SMILES string of the molecule is Fc1ccccc1CN(c1cnc2[nH]c(-c3ccccc3)cc2c1)C1CC1. The standard InChI is InChI=1S/C23H20FN3/c24-21-9-5-4-8-17(21)15-27(19-10-11-19)20-12-18-13-22(26-23(18)25-14-20)16-6-2-1-3-7-16/h1-9,12-14,19H,10-11,15H2,(H,25,26). The summed E-state index contributed by atoms with van der Waals surface area (Å²) >= 11 is 0. The highest BCUT2D eigenvalue weighted by Crippen LogP contribution is 2.35. The lowest BCUT2D eigenvalue weighted by molar-refractivity contribution is 0.603. The van der Waals surface area contributed by atoms with Crippen molar-refractivity contribution in [3.8, 4) is 11.3 Å². The van der Waals surface area contributed by atoms with Crippen LogP contribution < -0.4 is 4.90 Å². The van der Waals surface area contributed by atoms with E-state index < -0.39 is 0 Å². The van der Waals surface area contributed by atoms with Crippen molar-refractivity contribution in [1.29, 1.82) is 0 Å². The van der Waals surface area contributed by atoms with Crippen LogP contribution in [0.4, 0.5) is 10.1 Å². The van der Waals surface area contributed by atoms with Gasteiger partial charge in [-0.2, -0.15) is 0 Å². The minimum atomic E-state index is -0.148. The number of rotatable bonds is 5. The fraction of sp³-hybridized carbons (Fsp3) is 0.174. The number of anilines is 1. The maximum atomic E-state index is 14.1. The van der Waals surface area contributed by atoms with E-state index in [2.05, 4.69) is 39.1 Å². The second kappa shape index (κ2) is 6.54. The Hall–Kier alpha value is -3.14. The first kappa shape index (κ1) is 16.1. The molecule has 27 heavy (non-hydrogen) atoms. The number of halogens is 1. The van der Waals surface area contributed by atoms with Crippen LogP contribution in [-0.4, -0.2) is 16.0 Å². The molecule has 2 aromatic heterocycles. The van der Waals surface area contributed by atoms with Crippen LogP contribution in [0.1, 0.15) is 18.4 Å². The van der Waals surface area contributed by atoms with Gasteiger partial charge in [-0.3, -0.25) is 0 Å². The fourth-order valence-electron chi connectivity index (χ4n) is 3.56. The number of nitrogens with one attached hydrogen (secondary N) is 1. The van der Waals surface area contributed by atoms with Crippen LogP contribution in [-0.2, 0) is 6.54 Å². The third-order valence-corrected chi connectivity index (χ3v) is 5.16. The molecular formula is C23H20FN3. The summed E-state index contributed by atoms with van der Waals surface area (Å²) in [6.07, 6.45) is 4.19. The van der Waals surface area contributed by atoms with Gasteiger partial charge in [-0.15, -0.1) is 0 Å². The normalized spacial score (nSPS) is 13.8. The largest absolute Gasteiger partial charge is 0.363 e. The van der Waals surface area contributed by atoms with Crippen molar-refractivity contribution >= 4 is 16.7 Å². The van der Waals surface area contributed by atoms with Gasteiger partial charge >= 0.3 is 0 Å². The number of fused-ring (bicyclic) bond motifs is 1. The first-order valence-electron chi connectivity index (χ1n) is 9.32. The number of aromatic amines is 1. The average Bonchev–Trinajstić information content (AvgIpc) is 3.45. The number of pyridine rings is 1. The Morgan fingerprint density at radius 3 is 2.56 bits per heavy atom. The minimum absolute atomic E-state index is 0.148. The quantitative estimate of drug-likeness (QED) is 0.509. The predicted molar refractivity (Wildman–Crippen MR) is 107 cm³/mol. The van der Waals surface area contributed by atoms with Crippen molar-refractivity contribution in [2.45, 2.75) is 25.4 Å². The van der Waals surface area contributed by atoms with Gasteiger partial charge in [-0.1, -0.05) is 48.5 Å². The molecule has 0 saturated heterocycles. The number of hydrogen-bond donors (Lipinski definition) is 1. The molecule has 0 spiro atoms. The van der Waals surface area contributed by atoms with Crippen LogP contribution in [0.3, 0.4) is 0 Å². The molecular weight excluding hydrogens is 337 g/mol. The lowest BCUT2D eigenvalue weighted by Gasteiger charge is -2.24. The number of nitrogens with zero attached hydrogens (tertiary/aromatic N) is 2. The van der Waals surface area contributed by atoms with Gasteiger partial charge in [0, 0.05) is 29.2 Å². The summed E-state index contributed by atoms with van der Waals surface area (Å²) in [4.78, 5) is 10.3. The lowest BCUT2D eigenvalue weighted by atomic mass is 10.1. The van der Waals surface area contributed by atoms with Crippen LogP contribution >= 0.6 is 0 Å². The second-order valence-corrected chi connectivity index (χ2v) is 7.13. The van der Waals surface area contributed by atoms with Gasteiger partial charge in [0.25, 0.3) is 0 Å². The summed E-state index contributed by atoms with van der Waals surface area (Å²) in [6, 6.07) is 22.0. The van der Waals surface area contributed by atoms with Gasteiger partial charge in [0.1, 0.15) is 11.5 Å². The number of H-pyrrole nitrogens is 1. The zero-order chi connectivity index (χ0) is 18.2. The van der Waals surface area contributed by atoms with E-state index in [0.29, 0.717) is 12.6 Å². The zero-order valence-corrected chi connectivity index (χ0v) is 14.9. The molecule has 1 aliphatic rings. The van der Waals surface area contributed by atoms with E-state index in [9.17, 15) is 4.39 Å². The third kappa shape index (κ3) is 3.19. The van der Waals surface area contributed by atoms with Crippen molar-refractivity contribution < 1.29 is 4.39 Å². The molecule has 0 radical (unpaired) electrons. The minimum Gasteiger partial charge on any atom is -0.363 e. The zero-order valence-electron chi connectivity index (χ0n) is 14.9. The maximum Gasteiger partial charge on any atom is 0.137 e. The van der Waals surface area contributed by atoms with Crippen LogP contribution in [0, 0.1) is 5.82 Å². The van der Waals surface area contributed by atoms with E-state index in [-0.39, 0.29) is 5.82 Å². The molecule has 1 fully saturated rings. The van der Waals surface area contributed by atoms with Crippen LogP contribution in [0.5, 0.6) is 0 Å². The van der Waals surface area contributed by atoms with Crippen molar-refractivity contribution in [1.82, 2.24) is 9.97 Å². The number of hydrogen-bond acceptors (Lipinski definition) is 2. The Labute approximate surface area is 157 Å². The van der Waals surface area contributed by atoms with Crippen LogP contribution in [0.2, 0.25) is 0 Å². The highest BCUT2D eigenvalue weighted by atomic mass is 19.1. The molecule has 134 valence electrons. The van der Waals surface area contributed by atoms with Gasteiger partial charge in [0.05, 0.1) is 11.9 Å². The third-order valence-electron chi connectivity index (χ3n) is 5.16. The Balaban J connectivity index is 1.50. The van der Waals surface area contributed by atoms with Crippen LogP contribution in [0.25, 0.3) is 22.3 Å². The van der Waals surface area contributed by atoms with E-state index in [1.54, 1.807) is 6.07 Å². The first-order valence-corrected chi connectivity index (χ1v) is 9.32. The second-order valence-electron chi connectivity index (χ2n) is 7.13. The summed E-state index contributed by atoms with van der Waals surface area (Å²) in [7, 11) is 0. The van der Waals surface area contributed by atoms with E-state index in [1.165, 1.54) is 6.07 Å². The van der Waals surface area contributed by atoms with Gasteiger partial charge in [0.15, 0.2) is 0 Å². The summed E-state index contributed by atoms with van der Waals surface area (Å²) in [5, 5.41) is 1.07. The number of benzene rings is 2. The van der Waals surface area contributed by atoms with Crippen molar-refractivity contribution in [2.75, 3.05) is 4.90 Å². The highest BCUT2D eigenvalue weighted by Gasteiger charge is 2.30. The molecule has 2 aromatic carbocycles. The van der Waals surface area contributed by atoms with E-state index >= 15 is 0 Å². The Morgan fingerprint density at radius 1 is 1.00 bits per heavy atom. The molecule has 5 rings (SSSR count). The van der Waals surface area contributed by atoms with Gasteiger partial charge in [-0.05, 0) is 36.6 Å². The molecule has 2 heterocycles. The molecule has 0 unspecified atom stereocenters. The van der Waals surface area contributed by atoms with Crippen LogP contribution in [0.15, 0.2) is 72.9 Å². The van der Waals surface area contributed by atoms with Crippen molar-refractivity contribution in [3.05, 3.63) is 84.3 Å². The molecule has 1 aliphatic carbocycles. The van der Waals surface area contributed by atoms with Crippen molar-refractivity contribution in [3.63, 3.8) is 0 Å². The highest BCUT2D eigenvalue weighted by molar-refractivity contribution is 5.85. The molecule has 4 heteroatoms.